The molecule has 0 spiro atoms. The second kappa shape index (κ2) is 12.1. The number of nitrogens with zero attached hydrogens (tertiary/aromatic N) is 1. The monoisotopic (exact) mass is 500 g/mol. The Bertz CT molecular complexity index is 1210. The number of hydrogen-bond donors (Lipinski definition) is 1. The third-order valence-corrected chi connectivity index (χ3v) is 5.03. The lowest BCUT2D eigenvalue weighted by atomic mass is 10.2. The first-order valence-corrected chi connectivity index (χ1v) is 11.1. The number of benzene rings is 3. The van der Waals surface area contributed by atoms with E-state index in [9.17, 15) is 9.59 Å². The van der Waals surface area contributed by atoms with Gasteiger partial charge in [-0.2, -0.15) is 5.10 Å². The summed E-state index contributed by atoms with van der Waals surface area (Å²) in [6.07, 6.45) is 1.44. The van der Waals surface area contributed by atoms with Crippen molar-refractivity contribution in [3.8, 4) is 17.2 Å². The Morgan fingerprint density at radius 2 is 1.74 bits per heavy atom. The zero-order valence-corrected chi connectivity index (χ0v) is 20.0. The number of esters is 1. The van der Waals surface area contributed by atoms with Crippen molar-refractivity contribution in [3.05, 3.63) is 87.4 Å². The molecule has 0 aliphatic heterocycles. The largest absolute Gasteiger partial charge is 0.490 e. The van der Waals surface area contributed by atoms with E-state index in [1.165, 1.54) is 6.21 Å². The zero-order valence-electron chi connectivity index (χ0n) is 18.5. The molecule has 0 aliphatic rings. The highest BCUT2D eigenvalue weighted by atomic mass is 35.5. The fourth-order valence-electron chi connectivity index (χ4n) is 2.87. The van der Waals surface area contributed by atoms with Gasteiger partial charge >= 0.3 is 5.97 Å². The van der Waals surface area contributed by atoms with Crippen LogP contribution in [0.15, 0.2) is 65.8 Å². The van der Waals surface area contributed by atoms with Crippen LogP contribution in [-0.4, -0.2) is 31.3 Å². The van der Waals surface area contributed by atoms with Crippen LogP contribution in [0, 0.1) is 6.92 Å². The Hall–Kier alpha value is -3.55. The molecular weight excluding hydrogens is 479 g/mol. The number of carbonyl (C=O) groups excluding carboxylic acids is 2. The average Bonchev–Trinajstić information content (AvgIpc) is 2.80. The molecule has 0 fully saturated rings. The average molecular weight is 501 g/mol. The number of nitrogens with one attached hydrogen (secondary N) is 1. The molecule has 0 unspecified atom stereocenters. The molecule has 9 heteroatoms. The lowest BCUT2D eigenvalue weighted by molar-refractivity contribution is -0.123. The Labute approximate surface area is 207 Å². The smallest absolute Gasteiger partial charge is 0.345 e. The van der Waals surface area contributed by atoms with Gasteiger partial charge in [0.05, 0.1) is 23.4 Å². The molecule has 1 N–H and O–H groups in total. The second-order valence-electron chi connectivity index (χ2n) is 7.00. The molecule has 7 nitrogen and oxygen atoms in total. The maximum Gasteiger partial charge on any atom is 0.345 e. The molecule has 1 amide bonds. The molecule has 0 saturated carbocycles. The quantitative estimate of drug-likeness (QED) is 0.182. The molecule has 0 heterocycles. The van der Waals surface area contributed by atoms with E-state index in [2.05, 4.69) is 10.5 Å². The second-order valence-corrected chi connectivity index (χ2v) is 7.84. The van der Waals surface area contributed by atoms with E-state index in [0.717, 1.165) is 5.56 Å². The summed E-state index contributed by atoms with van der Waals surface area (Å²) in [6, 6.07) is 16.6. The van der Waals surface area contributed by atoms with E-state index in [-0.39, 0.29) is 17.9 Å². The van der Waals surface area contributed by atoms with Crippen molar-refractivity contribution in [2.24, 2.45) is 5.10 Å². The predicted molar refractivity (Wildman–Crippen MR) is 131 cm³/mol. The molecule has 0 radical (unpaired) electrons. The summed E-state index contributed by atoms with van der Waals surface area (Å²) in [7, 11) is 0. The fourth-order valence-corrected chi connectivity index (χ4v) is 3.31. The van der Waals surface area contributed by atoms with Gasteiger partial charge in [0.15, 0.2) is 18.1 Å². The molecule has 0 atom stereocenters. The van der Waals surface area contributed by atoms with Crippen molar-refractivity contribution in [2.45, 2.75) is 13.8 Å². The van der Waals surface area contributed by atoms with Gasteiger partial charge in [-0.15, -0.1) is 0 Å². The van der Waals surface area contributed by atoms with Crippen molar-refractivity contribution >= 4 is 41.3 Å². The summed E-state index contributed by atoms with van der Waals surface area (Å²) in [5, 5.41) is 4.82. The minimum absolute atomic E-state index is 0.207. The van der Waals surface area contributed by atoms with E-state index in [1.54, 1.807) is 60.7 Å². The standard InChI is InChI=1S/C25H22Cl2N2O5/c1-3-32-23-13-17(8-10-22(23)34-25(31)19-6-4-5-7-20(19)27)14-28-29-24(30)15-33-21-11-9-18(26)12-16(21)2/h4-14H,3,15H2,1-2H3,(H,29,30)/b28-14-. The van der Waals surface area contributed by atoms with Gasteiger partial charge in [-0.1, -0.05) is 35.3 Å². The van der Waals surface area contributed by atoms with Crippen molar-refractivity contribution in [1.29, 1.82) is 0 Å². The maximum absolute atomic E-state index is 12.5. The first kappa shape index (κ1) is 25.1. The molecule has 176 valence electrons. The summed E-state index contributed by atoms with van der Waals surface area (Å²) >= 11 is 12.0. The van der Waals surface area contributed by atoms with Gasteiger partial charge in [-0.05, 0) is 73.5 Å². The van der Waals surface area contributed by atoms with Crippen molar-refractivity contribution < 1.29 is 23.8 Å². The minimum atomic E-state index is -0.601. The van der Waals surface area contributed by atoms with Crippen LogP contribution in [0.4, 0.5) is 0 Å². The summed E-state index contributed by atoms with van der Waals surface area (Å²) in [5.41, 5.74) is 4.09. The number of aryl methyl sites for hydroxylation is 1. The number of carbonyl (C=O) groups is 2. The highest BCUT2D eigenvalue weighted by Gasteiger charge is 2.15. The lowest BCUT2D eigenvalue weighted by Gasteiger charge is -2.12. The topological polar surface area (TPSA) is 86.2 Å². The van der Waals surface area contributed by atoms with E-state index in [0.29, 0.717) is 33.7 Å². The Morgan fingerprint density at radius 3 is 2.47 bits per heavy atom. The minimum Gasteiger partial charge on any atom is -0.490 e. The fraction of sp³-hybridized carbons (Fsp3) is 0.160. The summed E-state index contributed by atoms with van der Waals surface area (Å²) in [6.45, 7) is 3.79. The van der Waals surface area contributed by atoms with E-state index >= 15 is 0 Å². The molecule has 3 aromatic carbocycles. The number of halogens is 2. The Kier molecular flexibility index (Phi) is 8.90. The first-order valence-electron chi connectivity index (χ1n) is 10.3. The van der Waals surface area contributed by atoms with Crippen LogP contribution in [0.25, 0.3) is 0 Å². The molecule has 3 aromatic rings. The van der Waals surface area contributed by atoms with Gasteiger partial charge in [0.25, 0.3) is 5.91 Å². The molecule has 3 rings (SSSR count). The van der Waals surface area contributed by atoms with Gasteiger partial charge in [-0.25, -0.2) is 10.2 Å². The summed E-state index contributed by atoms with van der Waals surface area (Å²) in [5.74, 6) is 0.114. The van der Waals surface area contributed by atoms with Crippen molar-refractivity contribution in [1.82, 2.24) is 5.43 Å². The SMILES string of the molecule is CCOc1cc(/C=N\NC(=O)COc2ccc(Cl)cc2C)ccc1OC(=O)c1ccccc1Cl. The maximum atomic E-state index is 12.5. The number of ether oxygens (including phenoxy) is 3. The van der Waals surface area contributed by atoms with Crippen LogP contribution in [0.1, 0.15) is 28.4 Å². The Balaban J connectivity index is 1.61. The molecule has 0 aromatic heterocycles. The van der Waals surface area contributed by atoms with E-state index < -0.39 is 11.9 Å². The van der Waals surface area contributed by atoms with Crippen molar-refractivity contribution in [3.63, 3.8) is 0 Å². The van der Waals surface area contributed by atoms with Gasteiger partial charge in [0.1, 0.15) is 5.75 Å². The number of hydrazone groups is 1. The highest BCUT2D eigenvalue weighted by molar-refractivity contribution is 6.33. The van der Waals surface area contributed by atoms with Crippen LogP contribution >= 0.6 is 23.2 Å². The zero-order chi connectivity index (χ0) is 24.5. The van der Waals surface area contributed by atoms with Gasteiger partial charge in [-0.3, -0.25) is 4.79 Å². The van der Waals surface area contributed by atoms with Crippen LogP contribution in [0.5, 0.6) is 17.2 Å². The van der Waals surface area contributed by atoms with E-state index in [1.807, 2.05) is 13.8 Å². The Morgan fingerprint density at radius 1 is 0.971 bits per heavy atom. The van der Waals surface area contributed by atoms with E-state index in [4.69, 9.17) is 37.4 Å². The molecule has 0 aliphatic carbocycles. The molecule has 34 heavy (non-hydrogen) atoms. The van der Waals surface area contributed by atoms with Gasteiger partial charge < -0.3 is 14.2 Å². The van der Waals surface area contributed by atoms with Crippen LogP contribution in [0.2, 0.25) is 10.0 Å². The lowest BCUT2D eigenvalue weighted by Crippen LogP contribution is -2.24. The van der Waals surface area contributed by atoms with Crippen LogP contribution in [0.3, 0.4) is 0 Å². The first-order chi connectivity index (χ1) is 16.4. The predicted octanol–water partition coefficient (Wildman–Crippen LogP) is 5.45. The third-order valence-electron chi connectivity index (χ3n) is 4.46. The van der Waals surface area contributed by atoms with Crippen LogP contribution in [-0.2, 0) is 4.79 Å². The molecule has 0 bridgehead atoms. The number of hydrogen-bond acceptors (Lipinski definition) is 6. The van der Waals surface area contributed by atoms with Gasteiger partial charge in [0.2, 0.25) is 0 Å². The summed E-state index contributed by atoms with van der Waals surface area (Å²) in [4.78, 5) is 24.5. The number of rotatable bonds is 9. The van der Waals surface area contributed by atoms with Crippen molar-refractivity contribution in [2.75, 3.05) is 13.2 Å². The van der Waals surface area contributed by atoms with Gasteiger partial charge in [0, 0.05) is 5.02 Å². The normalized spacial score (nSPS) is 10.7. The molecular formula is C25H22Cl2N2O5. The molecule has 0 saturated heterocycles. The third kappa shape index (κ3) is 6.97. The summed E-state index contributed by atoms with van der Waals surface area (Å²) < 4.78 is 16.5. The van der Waals surface area contributed by atoms with Crippen LogP contribution < -0.4 is 19.6 Å². The number of amides is 1. The highest BCUT2D eigenvalue weighted by Crippen LogP contribution is 2.29.